The van der Waals surface area contributed by atoms with Crippen LogP contribution in [-0.2, 0) is 0 Å². The molecule has 2 nitrogen and oxygen atoms in total. The van der Waals surface area contributed by atoms with Gasteiger partial charge < -0.3 is 5.32 Å². The topological polar surface area (TPSA) is 15.3 Å². The van der Waals surface area contributed by atoms with Gasteiger partial charge in [-0.15, -0.1) is 0 Å². The predicted molar refractivity (Wildman–Crippen MR) is 83.4 cm³/mol. The summed E-state index contributed by atoms with van der Waals surface area (Å²) in [5, 5.41) is 3.84. The first-order chi connectivity index (χ1) is 9.19. The maximum atomic E-state index is 3.84. The Kier molecular flexibility index (Phi) is 5.70. The summed E-state index contributed by atoms with van der Waals surface area (Å²) < 4.78 is 0. The molecule has 3 unspecified atom stereocenters. The second-order valence-corrected chi connectivity index (χ2v) is 6.94. The smallest absolute Gasteiger partial charge is 0.0247 e. The highest BCUT2D eigenvalue weighted by Crippen LogP contribution is 2.35. The molecule has 2 aliphatic rings. The largest absolute Gasteiger partial charge is 0.311 e. The molecule has 1 heterocycles. The van der Waals surface area contributed by atoms with E-state index < -0.39 is 0 Å². The Morgan fingerprint density at radius 2 is 1.79 bits per heavy atom. The summed E-state index contributed by atoms with van der Waals surface area (Å²) in [4.78, 5) is 2.84. The van der Waals surface area contributed by atoms with Gasteiger partial charge in [0.25, 0.3) is 0 Å². The average molecular weight is 266 g/mol. The van der Waals surface area contributed by atoms with Crippen LogP contribution in [0, 0.1) is 17.8 Å². The van der Waals surface area contributed by atoms with Gasteiger partial charge in [-0.1, -0.05) is 47.0 Å². The van der Waals surface area contributed by atoms with Crippen molar-refractivity contribution in [3.05, 3.63) is 0 Å². The fourth-order valence-corrected chi connectivity index (χ4v) is 3.59. The molecule has 0 aromatic carbocycles. The van der Waals surface area contributed by atoms with E-state index in [4.69, 9.17) is 0 Å². The van der Waals surface area contributed by atoms with Gasteiger partial charge in [0.2, 0.25) is 0 Å². The van der Waals surface area contributed by atoms with E-state index in [1.54, 1.807) is 0 Å². The molecule has 1 aliphatic carbocycles. The first-order valence-electron chi connectivity index (χ1n) is 8.66. The molecule has 112 valence electrons. The summed E-state index contributed by atoms with van der Waals surface area (Å²) in [6, 6.07) is 1.55. The van der Waals surface area contributed by atoms with Crippen molar-refractivity contribution < 1.29 is 0 Å². The first kappa shape index (κ1) is 15.3. The van der Waals surface area contributed by atoms with E-state index in [2.05, 4.69) is 37.9 Å². The Hall–Kier alpha value is -0.0800. The third-order valence-corrected chi connectivity index (χ3v) is 5.63. The maximum Gasteiger partial charge on any atom is 0.0247 e. The summed E-state index contributed by atoms with van der Waals surface area (Å²) in [6.07, 6.45) is 6.90. The normalized spacial score (nSPS) is 30.8. The van der Waals surface area contributed by atoms with Gasteiger partial charge in [-0.05, 0) is 30.6 Å². The standard InChI is InChI=1S/C17H34N2/c1-5-13(4)17-10-18-16(15-8-9-15)12-19(17)11-14(6-2)7-3/h13-18H,5-12H2,1-4H3. The SMILES string of the molecule is CCC(CC)CN1CC(C2CC2)NCC1C(C)CC. The predicted octanol–water partition coefficient (Wildman–Crippen LogP) is 3.52. The molecule has 1 aliphatic heterocycles. The van der Waals surface area contributed by atoms with Crippen LogP contribution < -0.4 is 5.32 Å². The second-order valence-electron chi connectivity index (χ2n) is 6.94. The molecule has 0 aromatic rings. The summed E-state index contributed by atoms with van der Waals surface area (Å²) in [7, 11) is 0. The van der Waals surface area contributed by atoms with Crippen LogP contribution in [0.3, 0.4) is 0 Å². The monoisotopic (exact) mass is 266 g/mol. The Morgan fingerprint density at radius 3 is 2.32 bits per heavy atom. The molecule has 19 heavy (non-hydrogen) atoms. The molecule has 2 rings (SSSR count). The highest BCUT2D eigenvalue weighted by molar-refractivity contribution is 4.95. The zero-order valence-electron chi connectivity index (χ0n) is 13.5. The lowest BCUT2D eigenvalue weighted by atomic mass is 9.91. The van der Waals surface area contributed by atoms with Crippen molar-refractivity contribution in [3.8, 4) is 0 Å². The van der Waals surface area contributed by atoms with Crippen LogP contribution in [-0.4, -0.2) is 36.6 Å². The molecule has 3 atom stereocenters. The number of hydrogen-bond donors (Lipinski definition) is 1. The van der Waals surface area contributed by atoms with Gasteiger partial charge in [0, 0.05) is 31.7 Å². The van der Waals surface area contributed by atoms with Gasteiger partial charge in [0.1, 0.15) is 0 Å². The first-order valence-corrected chi connectivity index (χ1v) is 8.66. The summed E-state index contributed by atoms with van der Waals surface area (Å²) >= 11 is 0. The molecular formula is C17H34N2. The fourth-order valence-electron chi connectivity index (χ4n) is 3.59. The molecule has 0 radical (unpaired) electrons. The fraction of sp³-hybridized carbons (Fsp3) is 1.00. The van der Waals surface area contributed by atoms with Gasteiger partial charge in [-0.3, -0.25) is 4.90 Å². The highest BCUT2D eigenvalue weighted by Gasteiger charge is 2.38. The van der Waals surface area contributed by atoms with Crippen LogP contribution in [0.5, 0.6) is 0 Å². The third kappa shape index (κ3) is 3.95. The number of piperazine rings is 1. The molecule has 0 aromatic heterocycles. The second kappa shape index (κ2) is 7.08. The number of rotatable bonds is 7. The lowest BCUT2D eigenvalue weighted by molar-refractivity contribution is 0.0686. The van der Waals surface area contributed by atoms with E-state index in [0.717, 1.165) is 29.8 Å². The molecule has 0 amide bonds. The Bertz CT molecular complexity index is 256. The van der Waals surface area contributed by atoms with Crippen molar-refractivity contribution in [1.82, 2.24) is 10.2 Å². The van der Waals surface area contributed by atoms with Crippen LogP contribution >= 0.6 is 0 Å². The van der Waals surface area contributed by atoms with Crippen LogP contribution in [0.4, 0.5) is 0 Å². The number of nitrogens with zero attached hydrogens (tertiary/aromatic N) is 1. The molecule has 2 fully saturated rings. The van der Waals surface area contributed by atoms with Crippen LogP contribution in [0.1, 0.15) is 59.8 Å². The Balaban J connectivity index is 1.96. The zero-order valence-corrected chi connectivity index (χ0v) is 13.5. The van der Waals surface area contributed by atoms with Crippen molar-refractivity contribution in [2.45, 2.75) is 71.9 Å². The minimum atomic E-state index is 0.764. The van der Waals surface area contributed by atoms with E-state index in [9.17, 15) is 0 Å². The lowest BCUT2D eigenvalue weighted by Crippen LogP contribution is -2.60. The van der Waals surface area contributed by atoms with Gasteiger partial charge in [0.15, 0.2) is 0 Å². The molecule has 1 saturated carbocycles. The summed E-state index contributed by atoms with van der Waals surface area (Å²) in [6.45, 7) is 13.3. The number of nitrogens with one attached hydrogen (secondary N) is 1. The van der Waals surface area contributed by atoms with Gasteiger partial charge >= 0.3 is 0 Å². The molecule has 0 spiro atoms. The van der Waals surface area contributed by atoms with E-state index in [1.165, 1.54) is 51.7 Å². The van der Waals surface area contributed by atoms with Crippen LogP contribution in [0.2, 0.25) is 0 Å². The lowest BCUT2D eigenvalue weighted by Gasteiger charge is -2.44. The third-order valence-electron chi connectivity index (χ3n) is 5.63. The van der Waals surface area contributed by atoms with Gasteiger partial charge in [0.05, 0.1) is 0 Å². The average Bonchev–Trinajstić information content (AvgIpc) is 3.28. The molecular weight excluding hydrogens is 232 g/mol. The van der Waals surface area contributed by atoms with Crippen molar-refractivity contribution in [2.75, 3.05) is 19.6 Å². The minimum Gasteiger partial charge on any atom is -0.311 e. The van der Waals surface area contributed by atoms with Crippen molar-refractivity contribution >= 4 is 0 Å². The quantitative estimate of drug-likeness (QED) is 0.758. The van der Waals surface area contributed by atoms with Crippen LogP contribution in [0.15, 0.2) is 0 Å². The molecule has 0 bridgehead atoms. The van der Waals surface area contributed by atoms with Gasteiger partial charge in [-0.25, -0.2) is 0 Å². The Labute approximate surface area is 120 Å². The minimum absolute atomic E-state index is 0.764. The van der Waals surface area contributed by atoms with Crippen molar-refractivity contribution in [2.24, 2.45) is 17.8 Å². The molecule has 1 saturated heterocycles. The Morgan fingerprint density at radius 1 is 1.11 bits per heavy atom. The zero-order chi connectivity index (χ0) is 13.8. The van der Waals surface area contributed by atoms with Gasteiger partial charge in [-0.2, -0.15) is 0 Å². The molecule has 2 heteroatoms. The van der Waals surface area contributed by atoms with E-state index >= 15 is 0 Å². The highest BCUT2D eigenvalue weighted by atomic mass is 15.2. The maximum absolute atomic E-state index is 3.84. The van der Waals surface area contributed by atoms with Crippen molar-refractivity contribution in [1.29, 1.82) is 0 Å². The van der Waals surface area contributed by atoms with E-state index in [1.807, 2.05) is 0 Å². The van der Waals surface area contributed by atoms with E-state index in [-0.39, 0.29) is 0 Å². The van der Waals surface area contributed by atoms with E-state index in [0.29, 0.717) is 0 Å². The van der Waals surface area contributed by atoms with Crippen LogP contribution in [0.25, 0.3) is 0 Å². The summed E-state index contributed by atoms with van der Waals surface area (Å²) in [5.74, 6) is 2.70. The van der Waals surface area contributed by atoms with Crippen molar-refractivity contribution in [3.63, 3.8) is 0 Å². The summed E-state index contributed by atoms with van der Waals surface area (Å²) in [5.41, 5.74) is 0. The number of hydrogen-bond acceptors (Lipinski definition) is 2. The molecule has 1 N–H and O–H groups in total.